The van der Waals surface area contributed by atoms with Crippen molar-refractivity contribution in [2.24, 2.45) is 0 Å². The van der Waals surface area contributed by atoms with Gasteiger partial charge in [-0.3, -0.25) is 10.1 Å². The van der Waals surface area contributed by atoms with Crippen molar-refractivity contribution in [3.05, 3.63) is 23.1 Å². The summed E-state index contributed by atoms with van der Waals surface area (Å²) in [6.45, 7) is 1.65. The van der Waals surface area contributed by atoms with Gasteiger partial charge >= 0.3 is 0 Å². The van der Waals surface area contributed by atoms with Crippen LogP contribution < -0.4 is 5.32 Å². The standard InChI is InChI=1S/C10H13NOS/c1-7(12)6-10-11-8-4-2-3-5-9(8)13-10/h2-3,5,8,10-11H,4,6H2,1H3. The monoisotopic (exact) mass is 195 g/mol. The molecule has 1 saturated heterocycles. The van der Waals surface area contributed by atoms with Gasteiger partial charge in [0, 0.05) is 17.4 Å². The summed E-state index contributed by atoms with van der Waals surface area (Å²) in [5.41, 5.74) is 0. The minimum absolute atomic E-state index is 0.261. The summed E-state index contributed by atoms with van der Waals surface area (Å²) in [7, 11) is 0. The first-order valence-corrected chi connectivity index (χ1v) is 5.42. The largest absolute Gasteiger partial charge is 0.300 e. The fourth-order valence-corrected chi connectivity index (χ4v) is 3.03. The lowest BCUT2D eigenvalue weighted by atomic mass is 10.1. The number of ketones is 1. The van der Waals surface area contributed by atoms with E-state index in [-0.39, 0.29) is 5.78 Å². The Bertz CT molecular complexity index is 283. The van der Waals surface area contributed by atoms with Gasteiger partial charge in [0.2, 0.25) is 0 Å². The van der Waals surface area contributed by atoms with Crippen molar-refractivity contribution in [2.45, 2.75) is 31.2 Å². The summed E-state index contributed by atoms with van der Waals surface area (Å²) in [6.07, 6.45) is 8.10. The Morgan fingerprint density at radius 1 is 1.77 bits per heavy atom. The third-order valence-electron chi connectivity index (χ3n) is 2.25. The number of allylic oxidation sites excluding steroid dienone is 2. The molecule has 1 fully saturated rings. The molecule has 2 nitrogen and oxygen atoms in total. The van der Waals surface area contributed by atoms with Gasteiger partial charge in [0.25, 0.3) is 0 Å². The van der Waals surface area contributed by atoms with E-state index in [0.29, 0.717) is 17.8 Å². The van der Waals surface area contributed by atoms with E-state index in [1.807, 2.05) is 0 Å². The molecule has 0 spiro atoms. The fourth-order valence-electron chi connectivity index (χ4n) is 1.67. The second kappa shape index (κ2) is 3.68. The number of carbonyl (C=O) groups excluding carboxylic acids is 1. The molecule has 0 radical (unpaired) electrons. The van der Waals surface area contributed by atoms with Gasteiger partial charge in [0.05, 0.1) is 5.37 Å². The first-order chi connectivity index (χ1) is 6.25. The first-order valence-electron chi connectivity index (χ1n) is 4.54. The van der Waals surface area contributed by atoms with Gasteiger partial charge in [-0.1, -0.05) is 18.2 Å². The van der Waals surface area contributed by atoms with E-state index in [4.69, 9.17) is 0 Å². The lowest BCUT2D eigenvalue weighted by Gasteiger charge is -2.11. The summed E-state index contributed by atoms with van der Waals surface area (Å²) in [5.74, 6) is 0.261. The van der Waals surface area contributed by atoms with Gasteiger partial charge in [-0.15, -0.1) is 11.8 Å². The highest BCUT2D eigenvalue weighted by atomic mass is 32.2. The molecule has 2 rings (SSSR count). The number of Topliss-reactive ketones (excluding diaryl/α,β-unsaturated/α-hetero) is 1. The van der Waals surface area contributed by atoms with Crippen molar-refractivity contribution < 1.29 is 4.79 Å². The predicted molar refractivity (Wildman–Crippen MR) is 55.4 cm³/mol. The van der Waals surface area contributed by atoms with Crippen LogP contribution in [0.2, 0.25) is 0 Å². The van der Waals surface area contributed by atoms with Crippen molar-refractivity contribution in [2.75, 3.05) is 0 Å². The number of fused-ring (bicyclic) bond motifs is 1. The van der Waals surface area contributed by atoms with E-state index >= 15 is 0 Å². The van der Waals surface area contributed by atoms with Crippen LogP contribution in [-0.4, -0.2) is 17.2 Å². The molecule has 2 atom stereocenters. The number of nitrogens with one attached hydrogen (secondary N) is 1. The molecule has 0 saturated carbocycles. The maximum atomic E-state index is 10.9. The number of carbonyl (C=O) groups is 1. The Hall–Kier alpha value is -0.540. The van der Waals surface area contributed by atoms with Crippen molar-refractivity contribution in [1.29, 1.82) is 0 Å². The molecule has 1 N–H and O–H groups in total. The molecule has 0 aromatic rings. The molecule has 2 aliphatic rings. The fraction of sp³-hybridized carbons (Fsp3) is 0.500. The smallest absolute Gasteiger partial charge is 0.132 e. The zero-order chi connectivity index (χ0) is 9.26. The highest BCUT2D eigenvalue weighted by Crippen LogP contribution is 2.36. The molecule has 1 aliphatic heterocycles. The van der Waals surface area contributed by atoms with Gasteiger partial charge in [-0.2, -0.15) is 0 Å². The number of hydrogen-bond acceptors (Lipinski definition) is 3. The summed E-state index contributed by atoms with van der Waals surface area (Å²) < 4.78 is 0. The van der Waals surface area contributed by atoms with Crippen molar-refractivity contribution in [3.63, 3.8) is 0 Å². The van der Waals surface area contributed by atoms with Crippen LogP contribution in [0.15, 0.2) is 23.1 Å². The molecule has 3 heteroatoms. The van der Waals surface area contributed by atoms with Crippen molar-refractivity contribution in [1.82, 2.24) is 5.32 Å². The molecule has 0 aromatic heterocycles. The van der Waals surface area contributed by atoms with Gasteiger partial charge in [-0.05, 0) is 13.3 Å². The number of thioether (sulfide) groups is 1. The molecule has 2 unspecified atom stereocenters. The average Bonchev–Trinajstić information content (AvgIpc) is 2.44. The van der Waals surface area contributed by atoms with Gasteiger partial charge < -0.3 is 0 Å². The Balaban J connectivity index is 1.98. The molecule has 70 valence electrons. The van der Waals surface area contributed by atoms with Gasteiger partial charge in [-0.25, -0.2) is 0 Å². The second-order valence-electron chi connectivity index (χ2n) is 3.46. The van der Waals surface area contributed by atoms with Crippen LogP contribution in [0.1, 0.15) is 19.8 Å². The zero-order valence-electron chi connectivity index (χ0n) is 7.62. The minimum atomic E-state index is 0.261. The van der Waals surface area contributed by atoms with E-state index in [0.717, 1.165) is 6.42 Å². The van der Waals surface area contributed by atoms with Crippen LogP contribution in [-0.2, 0) is 4.79 Å². The molecular formula is C10H13NOS. The van der Waals surface area contributed by atoms with E-state index in [2.05, 4.69) is 23.5 Å². The van der Waals surface area contributed by atoms with Crippen LogP contribution >= 0.6 is 11.8 Å². The highest BCUT2D eigenvalue weighted by molar-refractivity contribution is 8.04. The maximum absolute atomic E-state index is 10.9. The summed E-state index contributed by atoms with van der Waals surface area (Å²) in [6, 6.07) is 0.472. The van der Waals surface area contributed by atoms with Crippen LogP contribution in [0, 0.1) is 0 Å². The molecule has 0 aromatic carbocycles. The van der Waals surface area contributed by atoms with E-state index in [1.165, 1.54) is 4.91 Å². The predicted octanol–water partition coefficient (Wildman–Crippen LogP) is 1.84. The lowest BCUT2D eigenvalue weighted by Crippen LogP contribution is -2.30. The molecule has 0 bridgehead atoms. The van der Waals surface area contributed by atoms with E-state index in [9.17, 15) is 4.79 Å². The quantitative estimate of drug-likeness (QED) is 0.729. The molecule has 1 aliphatic carbocycles. The van der Waals surface area contributed by atoms with E-state index in [1.54, 1.807) is 18.7 Å². The topological polar surface area (TPSA) is 29.1 Å². The van der Waals surface area contributed by atoms with Gasteiger partial charge in [0.1, 0.15) is 5.78 Å². The van der Waals surface area contributed by atoms with Crippen molar-refractivity contribution >= 4 is 17.5 Å². The minimum Gasteiger partial charge on any atom is -0.300 e. The Morgan fingerprint density at radius 3 is 3.31 bits per heavy atom. The molecular weight excluding hydrogens is 182 g/mol. The SMILES string of the molecule is CC(=O)CC1NC2CC=CC=C2S1. The van der Waals surface area contributed by atoms with Crippen LogP contribution in [0.4, 0.5) is 0 Å². The normalized spacial score (nSPS) is 31.3. The molecule has 13 heavy (non-hydrogen) atoms. The lowest BCUT2D eigenvalue weighted by molar-refractivity contribution is -0.117. The zero-order valence-corrected chi connectivity index (χ0v) is 8.43. The third-order valence-corrected chi connectivity index (χ3v) is 3.53. The number of rotatable bonds is 2. The van der Waals surface area contributed by atoms with Crippen LogP contribution in [0.5, 0.6) is 0 Å². The Labute approximate surface area is 82.5 Å². The number of hydrogen-bond donors (Lipinski definition) is 1. The van der Waals surface area contributed by atoms with Gasteiger partial charge in [0.15, 0.2) is 0 Å². The van der Waals surface area contributed by atoms with Crippen LogP contribution in [0.25, 0.3) is 0 Å². The maximum Gasteiger partial charge on any atom is 0.132 e. The van der Waals surface area contributed by atoms with Crippen molar-refractivity contribution in [3.8, 4) is 0 Å². The van der Waals surface area contributed by atoms with E-state index < -0.39 is 0 Å². The summed E-state index contributed by atoms with van der Waals surface area (Å²) in [5, 5.41) is 3.75. The summed E-state index contributed by atoms with van der Waals surface area (Å²) in [4.78, 5) is 12.3. The first kappa shape index (κ1) is 9.03. The third kappa shape index (κ3) is 2.03. The summed E-state index contributed by atoms with van der Waals surface area (Å²) >= 11 is 1.80. The van der Waals surface area contributed by atoms with Crippen LogP contribution in [0.3, 0.4) is 0 Å². The molecule has 0 amide bonds. The Kier molecular flexibility index (Phi) is 2.56. The Morgan fingerprint density at radius 2 is 2.62 bits per heavy atom. The average molecular weight is 195 g/mol. The second-order valence-corrected chi connectivity index (χ2v) is 4.74. The highest BCUT2D eigenvalue weighted by Gasteiger charge is 2.29. The molecule has 1 heterocycles.